The standard InChI is InChI=1S/C18H16ClFN4O2S2/c1-26-15-7-6-13(8-14(15)19)22-16(25)10-27-18-24-23-17(28-18)21-9-11-2-4-12(20)5-3-11/h2-8H,9-10H2,1H3,(H,21,23)(H,22,25). The van der Waals surface area contributed by atoms with Crippen molar-refractivity contribution in [1.82, 2.24) is 10.2 Å². The van der Waals surface area contributed by atoms with Crippen molar-refractivity contribution in [1.29, 1.82) is 0 Å². The van der Waals surface area contributed by atoms with Gasteiger partial charge in [-0.2, -0.15) is 0 Å². The molecule has 0 spiro atoms. The van der Waals surface area contributed by atoms with Gasteiger partial charge >= 0.3 is 0 Å². The summed E-state index contributed by atoms with van der Waals surface area (Å²) >= 11 is 8.69. The fraction of sp³-hybridized carbons (Fsp3) is 0.167. The van der Waals surface area contributed by atoms with Gasteiger partial charge in [0.25, 0.3) is 0 Å². The molecule has 0 aliphatic carbocycles. The predicted octanol–water partition coefficient (Wildman–Crippen LogP) is 4.68. The lowest BCUT2D eigenvalue weighted by Crippen LogP contribution is -2.13. The summed E-state index contributed by atoms with van der Waals surface area (Å²) in [7, 11) is 1.53. The van der Waals surface area contributed by atoms with E-state index in [1.165, 1.54) is 42.3 Å². The lowest BCUT2D eigenvalue weighted by atomic mass is 10.2. The first-order chi connectivity index (χ1) is 13.5. The number of carbonyl (C=O) groups excluding carboxylic acids is 1. The summed E-state index contributed by atoms with van der Waals surface area (Å²) in [5.74, 6) is 0.287. The van der Waals surface area contributed by atoms with Crippen molar-refractivity contribution < 1.29 is 13.9 Å². The molecule has 0 saturated carbocycles. The number of ether oxygens (including phenoxy) is 1. The van der Waals surface area contributed by atoms with E-state index >= 15 is 0 Å². The number of amides is 1. The van der Waals surface area contributed by atoms with Gasteiger partial charge in [-0.15, -0.1) is 10.2 Å². The zero-order valence-corrected chi connectivity index (χ0v) is 17.1. The molecule has 0 unspecified atom stereocenters. The molecule has 28 heavy (non-hydrogen) atoms. The highest BCUT2D eigenvalue weighted by atomic mass is 35.5. The van der Waals surface area contributed by atoms with Crippen LogP contribution in [-0.4, -0.2) is 29.0 Å². The van der Waals surface area contributed by atoms with Gasteiger partial charge < -0.3 is 15.4 Å². The monoisotopic (exact) mass is 438 g/mol. The zero-order chi connectivity index (χ0) is 19.9. The Morgan fingerprint density at radius 1 is 1.25 bits per heavy atom. The Hall–Kier alpha value is -2.36. The van der Waals surface area contributed by atoms with Crippen LogP contribution in [-0.2, 0) is 11.3 Å². The highest BCUT2D eigenvalue weighted by molar-refractivity contribution is 8.01. The molecule has 0 aliphatic heterocycles. The van der Waals surface area contributed by atoms with Crippen LogP contribution in [0.1, 0.15) is 5.56 Å². The molecule has 1 aromatic heterocycles. The number of thioether (sulfide) groups is 1. The Labute approximate surface area is 174 Å². The molecule has 6 nitrogen and oxygen atoms in total. The van der Waals surface area contributed by atoms with Crippen LogP contribution in [0.5, 0.6) is 5.75 Å². The van der Waals surface area contributed by atoms with Crippen molar-refractivity contribution in [2.24, 2.45) is 0 Å². The summed E-state index contributed by atoms with van der Waals surface area (Å²) in [6.07, 6.45) is 0. The summed E-state index contributed by atoms with van der Waals surface area (Å²) < 4.78 is 18.7. The average Bonchev–Trinajstić information content (AvgIpc) is 3.14. The van der Waals surface area contributed by atoms with E-state index in [-0.39, 0.29) is 17.5 Å². The molecule has 2 aromatic carbocycles. The van der Waals surface area contributed by atoms with Gasteiger partial charge in [-0.25, -0.2) is 4.39 Å². The van der Waals surface area contributed by atoms with E-state index in [2.05, 4.69) is 20.8 Å². The Morgan fingerprint density at radius 2 is 2.04 bits per heavy atom. The van der Waals surface area contributed by atoms with Crippen LogP contribution in [0.15, 0.2) is 46.8 Å². The molecule has 1 heterocycles. The number of halogens is 2. The number of nitrogens with one attached hydrogen (secondary N) is 2. The van der Waals surface area contributed by atoms with Crippen LogP contribution in [0.4, 0.5) is 15.2 Å². The van der Waals surface area contributed by atoms with E-state index in [0.717, 1.165) is 5.56 Å². The van der Waals surface area contributed by atoms with E-state index in [1.54, 1.807) is 30.3 Å². The largest absolute Gasteiger partial charge is 0.495 e. The van der Waals surface area contributed by atoms with Crippen LogP contribution >= 0.6 is 34.7 Å². The summed E-state index contributed by atoms with van der Waals surface area (Å²) in [6.45, 7) is 0.512. The minimum absolute atomic E-state index is 0.178. The second-order valence-corrected chi connectivity index (χ2v) is 8.15. The van der Waals surface area contributed by atoms with Crippen LogP contribution in [0.2, 0.25) is 5.02 Å². The van der Waals surface area contributed by atoms with Gasteiger partial charge in [-0.05, 0) is 35.9 Å². The maximum atomic E-state index is 12.9. The predicted molar refractivity (Wildman–Crippen MR) is 111 cm³/mol. The number of hydrogen-bond donors (Lipinski definition) is 2. The number of anilines is 2. The average molecular weight is 439 g/mol. The SMILES string of the molecule is COc1ccc(NC(=O)CSc2nnc(NCc3ccc(F)cc3)s2)cc1Cl. The van der Waals surface area contributed by atoms with E-state index in [9.17, 15) is 9.18 Å². The summed E-state index contributed by atoms with van der Waals surface area (Å²) in [5.41, 5.74) is 1.53. The summed E-state index contributed by atoms with van der Waals surface area (Å²) in [4.78, 5) is 12.1. The number of methoxy groups -OCH3 is 1. The number of nitrogens with zero attached hydrogens (tertiary/aromatic N) is 2. The highest BCUT2D eigenvalue weighted by Gasteiger charge is 2.10. The van der Waals surface area contributed by atoms with Crippen LogP contribution in [0, 0.1) is 5.82 Å². The van der Waals surface area contributed by atoms with Gasteiger partial charge in [-0.3, -0.25) is 4.79 Å². The molecule has 2 N–H and O–H groups in total. The molecule has 0 radical (unpaired) electrons. The Morgan fingerprint density at radius 3 is 2.75 bits per heavy atom. The molecule has 0 saturated heterocycles. The molecule has 0 bridgehead atoms. The topological polar surface area (TPSA) is 76.1 Å². The van der Waals surface area contributed by atoms with Gasteiger partial charge in [0.1, 0.15) is 11.6 Å². The van der Waals surface area contributed by atoms with Crippen LogP contribution in [0.3, 0.4) is 0 Å². The fourth-order valence-corrected chi connectivity index (χ4v) is 3.99. The number of carbonyl (C=O) groups is 1. The minimum atomic E-state index is -0.270. The smallest absolute Gasteiger partial charge is 0.234 e. The summed E-state index contributed by atoms with van der Waals surface area (Å²) in [6, 6.07) is 11.3. The normalized spacial score (nSPS) is 10.5. The molecule has 10 heteroatoms. The van der Waals surface area contributed by atoms with E-state index in [1.807, 2.05) is 0 Å². The van der Waals surface area contributed by atoms with Crippen LogP contribution in [0.25, 0.3) is 0 Å². The lowest BCUT2D eigenvalue weighted by molar-refractivity contribution is -0.113. The second kappa shape index (κ2) is 9.72. The third kappa shape index (κ3) is 5.82. The first kappa shape index (κ1) is 20.4. The van der Waals surface area contributed by atoms with E-state index in [4.69, 9.17) is 16.3 Å². The Balaban J connectivity index is 1.46. The molecule has 1 amide bonds. The highest BCUT2D eigenvalue weighted by Crippen LogP contribution is 2.28. The Bertz CT molecular complexity index is 953. The van der Waals surface area contributed by atoms with Crippen molar-refractivity contribution >= 4 is 51.4 Å². The van der Waals surface area contributed by atoms with Gasteiger partial charge in [0.05, 0.1) is 17.9 Å². The first-order valence-corrected chi connectivity index (χ1v) is 10.3. The summed E-state index contributed by atoms with van der Waals surface area (Å²) in [5, 5.41) is 15.0. The van der Waals surface area contributed by atoms with Gasteiger partial charge in [0, 0.05) is 12.2 Å². The quantitative estimate of drug-likeness (QED) is 0.497. The van der Waals surface area contributed by atoms with Gasteiger partial charge in [0.15, 0.2) is 4.34 Å². The third-order valence-electron chi connectivity index (χ3n) is 3.53. The van der Waals surface area contributed by atoms with Crippen molar-refractivity contribution in [2.75, 3.05) is 23.5 Å². The third-order valence-corrected chi connectivity index (χ3v) is 5.84. The first-order valence-electron chi connectivity index (χ1n) is 8.11. The van der Waals surface area contributed by atoms with Crippen LogP contribution < -0.4 is 15.4 Å². The minimum Gasteiger partial charge on any atom is -0.495 e. The van der Waals surface area contributed by atoms with Crippen molar-refractivity contribution in [2.45, 2.75) is 10.9 Å². The van der Waals surface area contributed by atoms with Gasteiger partial charge in [0.2, 0.25) is 11.0 Å². The fourth-order valence-electron chi connectivity index (χ4n) is 2.19. The van der Waals surface area contributed by atoms with E-state index in [0.29, 0.717) is 32.5 Å². The Kier molecular flexibility index (Phi) is 7.07. The number of aromatic nitrogens is 2. The van der Waals surface area contributed by atoms with Crippen molar-refractivity contribution in [3.63, 3.8) is 0 Å². The van der Waals surface area contributed by atoms with Crippen molar-refractivity contribution in [3.05, 3.63) is 58.9 Å². The lowest BCUT2D eigenvalue weighted by Gasteiger charge is -2.07. The number of hydrogen-bond acceptors (Lipinski definition) is 7. The maximum Gasteiger partial charge on any atom is 0.234 e. The molecule has 146 valence electrons. The number of benzene rings is 2. The molecular weight excluding hydrogens is 423 g/mol. The molecular formula is C18H16ClFN4O2S2. The molecule has 3 aromatic rings. The second-order valence-electron chi connectivity index (χ2n) is 5.54. The molecule has 0 aliphatic rings. The number of rotatable bonds is 8. The maximum absolute atomic E-state index is 12.9. The molecule has 0 fully saturated rings. The van der Waals surface area contributed by atoms with Crippen molar-refractivity contribution in [3.8, 4) is 5.75 Å². The van der Waals surface area contributed by atoms with E-state index < -0.39 is 0 Å². The zero-order valence-electron chi connectivity index (χ0n) is 14.7. The molecule has 0 atom stereocenters. The molecule has 3 rings (SSSR count). The van der Waals surface area contributed by atoms with Gasteiger partial charge in [-0.1, -0.05) is 46.8 Å².